The van der Waals surface area contributed by atoms with Gasteiger partial charge < -0.3 is 15.0 Å². The number of methoxy groups -OCH3 is 1. The summed E-state index contributed by atoms with van der Waals surface area (Å²) in [5.74, 6) is -0.715. The number of aryl methyl sites for hydroxylation is 1. The maximum Gasteiger partial charge on any atom is 0.236 e. The zero-order valence-corrected chi connectivity index (χ0v) is 19.6. The molecule has 0 saturated carbocycles. The van der Waals surface area contributed by atoms with Gasteiger partial charge in [0.15, 0.2) is 11.6 Å². The number of carbonyl (C=O) groups excluding carboxylic acids is 1. The Labute approximate surface area is 194 Å². The predicted octanol–water partition coefficient (Wildman–Crippen LogP) is 6.14. The molecular weight excluding hydrogens is 427 g/mol. The number of hydrogen-bond acceptors (Lipinski definition) is 3. The zero-order valence-electron chi connectivity index (χ0n) is 18.9. The summed E-state index contributed by atoms with van der Waals surface area (Å²) in [4.78, 5) is 14.6. The van der Waals surface area contributed by atoms with Crippen LogP contribution in [0.25, 0.3) is 5.57 Å². The van der Waals surface area contributed by atoms with E-state index in [1.807, 2.05) is 18.2 Å². The molecule has 1 N–H and O–H groups in total. The van der Waals surface area contributed by atoms with Crippen LogP contribution in [0.5, 0.6) is 5.75 Å². The lowest BCUT2D eigenvalue weighted by atomic mass is 9.97. The van der Waals surface area contributed by atoms with Gasteiger partial charge >= 0.3 is 0 Å². The first-order chi connectivity index (χ1) is 15.3. The molecule has 6 heteroatoms. The fourth-order valence-electron chi connectivity index (χ4n) is 4.10. The summed E-state index contributed by atoms with van der Waals surface area (Å²) in [6.07, 6.45) is 4.58. The molecule has 0 aromatic heterocycles. The molecule has 1 unspecified atom stereocenters. The highest BCUT2D eigenvalue weighted by molar-refractivity contribution is 6.30. The number of ether oxygens (including phenoxy) is 1. The van der Waals surface area contributed by atoms with Crippen molar-refractivity contribution in [3.63, 3.8) is 0 Å². The van der Waals surface area contributed by atoms with Gasteiger partial charge in [0, 0.05) is 35.6 Å². The predicted molar refractivity (Wildman–Crippen MR) is 130 cm³/mol. The van der Waals surface area contributed by atoms with E-state index >= 15 is 0 Å². The molecule has 1 aliphatic heterocycles. The second kappa shape index (κ2) is 10.7. The summed E-state index contributed by atoms with van der Waals surface area (Å²) in [6.45, 7) is 9.49. The Morgan fingerprint density at radius 3 is 2.81 bits per heavy atom. The van der Waals surface area contributed by atoms with Crippen LogP contribution >= 0.6 is 11.6 Å². The van der Waals surface area contributed by atoms with E-state index in [-0.39, 0.29) is 17.6 Å². The third-order valence-corrected chi connectivity index (χ3v) is 6.05. The van der Waals surface area contributed by atoms with Crippen LogP contribution < -0.4 is 15.0 Å². The topological polar surface area (TPSA) is 41.6 Å². The number of allylic oxidation sites excluding steroid dienone is 1. The molecule has 170 valence electrons. The number of hydrogen-bond donors (Lipinski definition) is 1. The van der Waals surface area contributed by atoms with E-state index in [0.29, 0.717) is 30.9 Å². The Balaban J connectivity index is 1.61. The van der Waals surface area contributed by atoms with Crippen molar-refractivity contribution < 1.29 is 13.9 Å². The average molecular weight is 457 g/mol. The van der Waals surface area contributed by atoms with Gasteiger partial charge in [0.2, 0.25) is 5.91 Å². The molecule has 0 aliphatic carbocycles. The molecule has 0 spiro atoms. The molecule has 2 aromatic carbocycles. The average Bonchev–Trinajstić information content (AvgIpc) is 3.16. The first-order valence-electron chi connectivity index (χ1n) is 10.9. The monoisotopic (exact) mass is 456 g/mol. The number of carbonyl (C=O) groups is 1. The Hall–Kier alpha value is -2.79. The Bertz CT molecular complexity index is 1030. The van der Waals surface area contributed by atoms with Crippen molar-refractivity contribution in [3.8, 4) is 5.75 Å². The number of rotatable bonds is 9. The van der Waals surface area contributed by atoms with Crippen molar-refractivity contribution in [3.05, 3.63) is 76.7 Å². The minimum atomic E-state index is -0.482. The van der Waals surface area contributed by atoms with Crippen LogP contribution in [0, 0.1) is 18.7 Å². The summed E-state index contributed by atoms with van der Waals surface area (Å²) in [5, 5.41) is 4.06. The molecule has 1 amide bonds. The quantitative estimate of drug-likeness (QED) is 0.493. The van der Waals surface area contributed by atoms with Gasteiger partial charge in [0.1, 0.15) is 0 Å². The fraction of sp³-hybridized carbons (Fsp3) is 0.346. The Morgan fingerprint density at radius 2 is 2.12 bits per heavy atom. The highest BCUT2D eigenvalue weighted by Crippen LogP contribution is 2.31. The van der Waals surface area contributed by atoms with Gasteiger partial charge in [-0.25, -0.2) is 4.39 Å². The molecule has 1 atom stereocenters. The minimum Gasteiger partial charge on any atom is -0.494 e. The van der Waals surface area contributed by atoms with E-state index in [1.165, 1.54) is 30.4 Å². The van der Waals surface area contributed by atoms with Gasteiger partial charge in [0.05, 0.1) is 13.0 Å². The van der Waals surface area contributed by atoms with Crippen molar-refractivity contribution in [2.45, 2.75) is 33.1 Å². The van der Waals surface area contributed by atoms with Crippen molar-refractivity contribution in [1.82, 2.24) is 5.32 Å². The molecule has 3 rings (SSSR count). The van der Waals surface area contributed by atoms with Crippen molar-refractivity contribution in [2.24, 2.45) is 5.92 Å². The fourth-order valence-corrected chi connectivity index (χ4v) is 4.27. The lowest BCUT2D eigenvalue weighted by Crippen LogP contribution is -2.30. The standard InChI is InChI=1S/C26H30ClFN2O2/c1-5-6-19(23-15-20(27)8-7-17(23)2)11-13-29-18(3)22-12-14-30(26(22)31)21-9-10-25(32-4)24(28)16-21/h6-10,15-16,22,29H,3,5,11-14H2,1-2,4H3/b19-6-. The lowest BCUT2D eigenvalue weighted by molar-refractivity contribution is -0.119. The molecule has 32 heavy (non-hydrogen) atoms. The highest BCUT2D eigenvalue weighted by Gasteiger charge is 2.34. The van der Waals surface area contributed by atoms with Crippen LogP contribution in [0.15, 0.2) is 54.8 Å². The Morgan fingerprint density at radius 1 is 1.34 bits per heavy atom. The van der Waals surface area contributed by atoms with E-state index in [9.17, 15) is 9.18 Å². The van der Waals surface area contributed by atoms with Gasteiger partial charge in [-0.1, -0.05) is 37.2 Å². The normalized spacial score (nSPS) is 16.4. The van der Waals surface area contributed by atoms with Crippen LogP contribution in [0.3, 0.4) is 0 Å². The second-order valence-electron chi connectivity index (χ2n) is 7.95. The third kappa shape index (κ3) is 5.33. The van der Waals surface area contributed by atoms with Crippen LogP contribution in [0.4, 0.5) is 10.1 Å². The minimum absolute atomic E-state index is 0.0675. The summed E-state index contributed by atoms with van der Waals surface area (Å²) in [5.41, 5.74) is 4.79. The SMILES string of the molecule is C=C(NCC/C(=C/CC)c1cc(Cl)ccc1C)C1CCN(c2ccc(OC)c(F)c2)C1=O. The highest BCUT2D eigenvalue weighted by atomic mass is 35.5. The summed E-state index contributed by atoms with van der Waals surface area (Å²) >= 11 is 6.21. The third-order valence-electron chi connectivity index (χ3n) is 5.82. The van der Waals surface area contributed by atoms with Gasteiger partial charge in [-0.3, -0.25) is 4.79 Å². The van der Waals surface area contributed by atoms with Crippen LogP contribution in [-0.4, -0.2) is 26.1 Å². The first-order valence-corrected chi connectivity index (χ1v) is 11.3. The van der Waals surface area contributed by atoms with Gasteiger partial charge in [0.25, 0.3) is 0 Å². The van der Waals surface area contributed by atoms with E-state index < -0.39 is 5.82 Å². The number of amides is 1. The van der Waals surface area contributed by atoms with Crippen molar-refractivity contribution in [1.29, 1.82) is 0 Å². The lowest BCUT2D eigenvalue weighted by Gasteiger charge is -2.19. The molecule has 1 aliphatic rings. The largest absolute Gasteiger partial charge is 0.494 e. The zero-order chi connectivity index (χ0) is 23.3. The van der Waals surface area contributed by atoms with Gasteiger partial charge in [-0.2, -0.15) is 0 Å². The number of benzene rings is 2. The van der Waals surface area contributed by atoms with Crippen molar-refractivity contribution >= 4 is 28.8 Å². The first kappa shape index (κ1) is 23.9. The molecule has 4 nitrogen and oxygen atoms in total. The molecule has 0 radical (unpaired) electrons. The molecule has 1 fully saturated rings. The second-order valence-corrected chi connectivity index (χ2v) is 8.39. The number of anilines is 1. The van der Waals surface area contributed by atoms with E-state index in [4.69, 9.17) is 16.3 Å². The Kier molecular flexibility index (Phi) is 7.97. The van der Waals surface area contributed by atoms with Crippen LogP contribution in [0.2, 0.25) is 5.02 Å². The van der Waals surface area contributed by atoms with Gasteiger partial charge in [-0.15, -0.1) is 0 Å². The summed E-state index contributed by atoms with van der Waals surface area (Å²) < 4.78 is 19.0. The molecule has 0 bridgehead atoms. The van der Waals surface area contributed by atoms with Gasteiger partial charge in [-0.05, 0) is 67.2 Å². The summed E-state index contributed by atoms with van der Waals surface area (Å²) in [6, 6.07) is 10.5. The maximum atomic E-state index is 14.1. The maximum absolute atomic E-state index is 14.1. The molecular formula is C26H30ClFN2O2. The smallest absolute Gasteiger partial charge is 0.236 e. The van der Waals surface area contributed by atoms with E-state index in [0.717, 1.165) is 23.4 Å². The van der Waals surface area contributed by atoms with E-state index in [1.54, 1.807) is 11.0 Å². The molecule has 1 saturated heterocycles. The number of nitrogens with one attached hydrogen (secondary N) is 1. The van der Waals surface area contributed by atoms with Crippen LogP contribution in [0.1, 0.15) is 37.3 Å². The number of nitrogens with zero attached hydrogens (tertiary/aromatic N) is 1. The molecule has 2 aromatic rings. The van der Waals surface area contributed by atoms with Crippen LogP contribution in [-0.2, 0) is 4.79 Å². The number of halogens is 2. The van der Waals surface area contributed by atoms with Crippen molar-refractivity contribution in [2.75, 3.05) is 25.1 Å². The van der Waals surface area contributed by atoms with E-state index in [2.05, 4.69) is 31.8 Å². The summed E-state index contributed by atoms with van der Waals surface area (Å²) in [7, 11) is 1.42. The molecule has 1 heterocycles.